The average Bonchev–Trinajstić information content (AvgIpc) is 2.74. The lowest BCUT2D eigenvalue weighted by Crippen LogP contribution is -2.42. The van der Waals surface area contributed by atoms with Gasteiger partial charge in [0.25, 0.3) is 0 Å². The van der Waals surface area contributed by atoms with Crippen molar-refractivity contribution in [2.75, 3.05) is 6.54 Å². The van der Waals surface area contributed by atoms with Gasteiger partial charge in [0.2, 0.25) is 11.8 Å². The SMILES string of the molecule is N#CC1CCCN1C(=O)C1CCCC(F)(F)C1. The Morgan fingerprint density at radius 1 is 1.35 bits per heavy atom. The van der Waals surface area contributed by atoms with E-state index < -0.39 is 17.9 Å². The van der Waals surface area contributed by atoms with Crippen LogP contribution in [0.3, 0.4) is 0 Å². The number of nitrogens with zero attached hydrogens (tertiary/aromatic N) is 2. The van der Waals surface area contributed by atoms with E-state index in [1.54, 1.807) is 0 Å². The van der Waals surface area contributed by atoms with Crippen molar-refractivity contribution in [3.05, 3.63) is 0 Å². The average molecular weight is 242 g/mol. The summed E-state index contributed by atoms with van der Waals surface area (Å²) in [4.78, 5) is 13.6. The maximum absolute atomic E-state index is 13.2. The molecular weight excluding hydrogens is 226 g/mol. The summed E-state index contributed by atoms with van der Waals surface area (Å²) in [6, 6.07) is 1.67. The molecule has 1 aliphatic heterocycles. The highest BCUT2D eigenvalue weighted by molar-refractivity contribution is 5.80. The highest BCUT2D eigenvalue weighted by Gasteiger charge is 2.42. The van der Waals surface area contributed by atoms with Gasteiger partial charge in [-0.15, -0.1) is 0 Å². The van der Waals surface area contributed by atoms with Gasteiger partial charge in [-0.25, -0.2) is 8.78 Å². The van der Waals surface area contributed by atoms with E-state index >= 15 is 0 Å². The van der Waals surface area contributed by atoms with Crippen molar-refractivity contribution in [2.24, 2.45) is 5.92 Å². The number of carbonyl (C=O) groups excluding carboxylic acids is 1. The molecule has 5 heteroatoms. The molecule has 2 aliphatic rings. The molecule has 1 saturated carbocycles. The van der Waals surface area contributed by atoms with E-state index in [4.69, 9.17) is 5.26 Å². The minimum Gasteiger partial charge on any atom is -0.326 e. The van der Waals surface area contributed by atoms with Gasteiger partial charge in [-0.05, 0) is 25.7 Å². The summed E-state index contributed by atoms with van der Waals surface area (Å²) in [5.41, 5.74) is 0. The van der Waals surface area contributed by atoms with Crippen molar-refractivity contribution in [3.8, 4) is 6.07 Å². The molecular formula is C12H16F2N2O. The summed E-state index contributed by atoms with van der Waals surface area (Å²) < 4.78 is 26.5. The number of rotatable bonds is 1. The van der Waals surface area contributed by atoms with E-state index in [2.05, 4.69) is 6.07 Å². The first-order valence-electron chi connectivity index (χ1n) is 6.11. The van der Waals surface area contributed by atoms with Gasteiger partial charge in [0, 0.05) is 25.3 Å². The normalized spacial score (nSPS) is 32.2. The molecule has 0 aromatic heterocycles. The first-order valence-corrected chi connectivity index (χ1v) is 6.11. The molecule has 1 saturated heterocycles. The van der Waals surface area contributed by atoms with E-state index in [0.717, 1.165) is 6.42 Å². The molecule has 0 aromatic carbocycles. The van der Waals surface area contributed by atoms with Gasteiger partial charge in [-0.2, -0.15) is 5.26 Å². The van der Waals surface area contributed by atoms with Crippen LogP contribution in [0, 0.1) is 17.2 Å². The smallest absolute Gasteiger partial charge is 0.248 e. The number of amides is 1. The Balaban J connectivity index is 2.02. The van der Waals surface area contributed by atoms with Crippen LogP contribution in [0.5, 0.6) is 0 Å². The molecule has 0 N–H and O–H groups in total. The molecule has 0 radical (unpaired) electrons. The Morgan fingerprint density at radius 3 is 2.76 bits per heavy atom. The van der Waals surface area contributed by atoms with Crippen LogP contribution in [-0.4, -0.2) is 29.3 Å². The number of likely N-dealkylation sites (tertiary alicyclic amines) is 1. The summed E-state index contributed by atoms with van der Waals surface area (Å²) in [6.07, 6.45) is 1.94. The molecule has 0 spiro atoms. The van der Waals surface area contributed by atoms with Gasteiger partial charge in [0.1, 0.15) is 6.04 Å². The van der Waals surface area contributed by atoms with Crippen LogP contribution >= 0.6 is 0 Å². The van der Waals surface area contributed by atoms with Crippen molar-refractivity contribution in [3.63, 3.8) is 0 Å². The van der Waals surface area contributed by atoms with Crippen molar-refractivity contribution >= 4 is 5.91 Å². The van der Waals surface area contributed by atoms with Gasteiger partial charge in [0.15, 0.2) is 0 Å². The van der Waals surface area contributed by atoms with E-state index in [9.17, 15) is 13.6 Å². The van der Waals surface area contributed by atoms with Gasteiger partial charge in [-0.1, -0.05) is 0 Å². The number of carbonyl (C=O) groups is 1. The minimum atomic E-state index is -2.71. The monoisotopic (exact) mass is 242 g/mol. The van der Waals surface area contributed by atoms with Gasteiger partial charge in [-0.3, -0.25) is 4.79 Å². The fourth-order valence-electron chi connectivity index (χ4n) is 2.78. The third kappa shape index (κ3) is 2.56. The molecule has 2 atom stereocenters. The molecule has 3 nitrogen and oxygen atoms in total. The second kappa shape index (κ2) is 4.59. The van der Waals surface area contributed by atoms with Crippen LogP contribution in [0.25, 0.3) is 0 Å². The Bertz CT molecular complexity index is 351. The Hall–Kier alpha value is -1.18. The highest BCUT2D eigenvalue weighted by Crippen LogP contribution is 2.38. The second-order valence-corrected chi connectivity index (χ2v) is 4.97. The zero-order valence-electron chi connectivity index (χ0n) is 9.66. The van der Waals surface area contributed by atoms with Crippen LogP contribution in [0.1, 0.15) is 38.5 Å². The molecule has 1 heterocycles. The van der Waals surface area contributed by atoms with Gasteiger partial charge >= 0.3 is 0 Å². The fourth-order valence-corrected chi connectivity index (χ4v) is 2.78. The molecule has 17 heavy (non-hydrogen) atoms. The minimum absolute atomic E-state index is 0.113. The number of alkyl halides is 2. The standard InChI is InChI=1S/C12H16F2N2O/c13-12(14)5-1-3-9(7-12)11(17)16-6-2-4-10(16)8-15/h9-10H,1-7H2. The maximum atomic E-state index is 13.2. The van der Waals surface area contributed by atoms with Gasteiger partial charge in [0.05, 0.1) is 6.07 Å². The molecule has 1 aliphatic carbocycles. The quantitative estimate of drug-likeness (QED) is 0.708. The van der Waals surface area contributed by atoms with E-state index in [-0.39, 0.29) is 18.7 Å². The third-order valence-electron chi connectivity index (χ3n) is 3.67. The summed E-state index contributed by atoms with van der Waals surface area (Å²) >= 11 is 0. The first kappa shape index (κ1) is 12.3. The Kier molecular flexibility index (Phi) is 3.32. The lowest BCUT2D eigenvalue weighted by molar-refractivity contribution is -0.142. The van der Waals surface area contributed by atoms with Crippen molar-refractivity contribution < 1.29 is 13.6 Å². The number of nitriles is 1. The summed E-state index contributed by atoms with van der Waals surface area (Å²) in [6.45, 7) is 0.541. The van der Waals surface area contributed by atoms with Crippen LogP contribution in [-0.2, 0) is 4.79 Å². The zero-order chi connectivity index (χ0) is 12.5. The molecule has 0 aromatic rings. The van der Waals surface area contributed by atoms with Gasteiger partial charge < -0.3 is 4.90 Å². The molecule has 2 rings (SSSR count). The predicted octanol–water partition coefficient (Wildman–Crippen LogP) is 2.33. The van der Waals surface area contributed by atoms with E-state index in [1.165, 1.54) is 4.90 Å². The zero-order valence-corrected chi connectivity index (χ0v) is 9.66. The lowest BCUT2D eigenvalue weighted by atomic mass is 9.85. The largest absolute Gasteiger partial charge is 0.326 e. The number of halogens is 2. The number of hydrogen-bond acceptors (Lipinski definition) is 2. The van der Waals surface area contributed by atoms with Crippen LogP contribution < -0.4 is 0 Å². The summed E-state index contributed by atoms with van der Waals surface area (Å²) in [5, 5.41) is 8.89. The Morgan fingerprint density at radius 2 is 2.12 bits per heavy atom. The topological polar surface area (TPSA) is 44.1 Å². The molecule has 2 unspecified atom stereocenters. The summed E-state index contributed by atoms with van der Waals surface area (Å²) in [5.74, 6) is -3.54. The van der Waals surface area contributed by atoms with E-state index in [0.29, 0.717) is 25.8 Å². The molecule has 94 valence electrons. The highest BCUT2D eigenvalue weighted by atomic mass is 19.3. The molecule has 0 bridgehead atoms. The maximum Gasteiger partial charge on any atom is 0.248 e. The Labute approximate surface area is 99.4 Å². The first-order chi connectivity index (χ1) is 8.03. The summed E-state index contributed by atoms with van der Waals surface area (Å²) in [7, 11) is 0. The molecule has 2 fully saturated rings. The van der Waals surface area contributed by atoms with Crippen LogP contribution in [0.4, 0.5) is 8.78 Å². The molecule has 1 amide bonds. The van der Waals surface area contributed by atoms with Crippen LogP contribution in [0.2, 0.25) is 0 Å². The predicted molar refractivity (Wildman–Crippen MR) is 57.3 cm³/mol. The van der Waals surface area contributed by atoms with Crippen molar-refractivity contribution in [2.45, 2.75) is 50.5 Å². The lowest BCUT2D eigenvalue weighted by Gasteiger charge is -2.31. The number of hydrogen-bond donors (Lipinski definition) is 0. The van der Waals surface area contributed by atoms with E-state index in [1.807, 2.05) is 0 Å². The van der Waals surface area contributed by atoms with Crippen molar-refractivity contribution in [1.82, 2.24) is 4.90 Å². The fraction of sp³-hybridized carbons (Fsp3) is 0.833. The third-order valence-corrected chi connectivity index (χ3v) is 3.67. The second-order valence-electron chi connectivity index (χ2n) is 4.97. The van der Waals surface area contributed by atoms with Crippen LogP contribution in [0.15, 0.2) is 0 Å². The van der Waals surface area contributed by atoms with Crippen molar-refractivity contribution in [1.29, 1.82) is 5.26 Å².